The molecule has 0 aromatic heterocycles. The van der Waals surface area contributed by atoms with Crippen LogP contribution in [-0.4, -0.2) is 29.1 Å². The van der Waals surface area contributed by atoms with Crippen LogP contribution < -0.4 is 10.6 Å². The fourth-order valence-corrected chi connectivity index (χ4v) is 3.05. The molecule has 0 radical (unpaired) electrons. The van der Waals surface area contributed by atoms with Gasteiger partial charge in [-0.2, -0.15) is 0 Å². The molecule has 2 amide bonds. The summed E-state index contributed by atoms with van der Waals surface area (Å²) in [6.45, 7) is 3.85. The summed E-state index contributed by atoms with van der Waals surface area (Å²) in [4.78, 5) is 24.4. The van der Waals surface area contributed by atoms with Gasteiger partial charge in [0.15, 0.2) is 0 Å². The van der Waals surface area contributed by atoms with Gasteiger partial charge < -0.3 is 15.7 Å². The molecule has 0 heterocycles. The highest BCUT2D eigenvalue weighted by Crippen LogP contribution is 2.38. The lowest BCUT2D eigenvalue weighted by molar-refractivity contribution is -0.117. The molecule has 0 saturated heterocycles. The Labute approximate surface area is 159 Å². The van der Waals surface area contributed by atoms with E-state index in [1.54, 1.807) is 31.2 Å². The minimum absolute atomic E-state index is 0.0392. The van der Waals surface area contributed by atoms with Gasteiger partial charge in [0.25, 0.3) is 5.91 Å². The standard InChI is InChI=1S/C22H26N2O3/c1-14-12-19(14)22(27)24-18-10-8-17(9-11-18)21(26)23-15(2)20(25)13-16-6-4-3-5-7-16/h3-11,14-15,19-20,25H,12-13H2,1-2H3,(H,23,26)(H,24,27)/t14-,15-,19+,20-/m1/s1. The van der Waals surface area contributed by atoms with E-state index in [-0.39, 0.29) is 23.8 Å². The summed E-state index contributed by atoms with van der Waals surface area (Å²) < 4.78 is 0. The Morgan fingerprint density at radius 3 is 2.33 bits per heavy atom. The van der Waals surface area contributed by atoms with E-state index < -0.39 is 6.10 Å². The molecule has 3 N–H and O–H groups in total. The van der Waals surface area contributed by atoms with Gasteiger partial charge in [-0.15, -0.1) is 0 Å². The van der Waals surface area contributed by atoms with Gasteiger partial charge in [0, 0.05) is 23.6 Å². The number of anilines is 1. The molecular weight excluding hydrogens is 340 g/mol. The van der Waals surface area contributed by atoms with Crippen molar-refractivity contribution in [1.29, 1.82) is 0 Å². The van der Waals surface area contributed by atoms with Crippen LogP contribution in [0.5, 0.6) is 0 Å². The van der Waals surface area contributed by atoms with E-state index in [9.17, 15) is 14.7 Å². The highest BCUT2D eigenvalue weighted by Gasteiger charge is 2.39. The Kier molecular flexibility index (Phi) is 5.91. The Morgan fingerprint density at radius 2 is 1.74 bits per heavy atom. The van der Waals surface area contributed by atoms with Gasteiger partial charge in [0.2, 0.25) is 5.91 Å². The Bertz CT molecular complexity index is 789. The fraction of sp³-hybridized carbons (Fsp3) is 0.364. The second-order valence-electron chi connectivity index (χ2n) is 7.41. The van der Waals surface area contributed by atoms with Crippen LogP contribution in [0.15, 0.2) is 54.6 Å². The first-order valence-electron chi connectivity index (χ1n) is 9.38. The van der Waals surface area contributed by atoms with Crippen LogP contribution in [0.3, 0.4) is 0 Å². The summed E-state index contributed by atoms with van der Waals surface area (Å²) in [5.74, 6) is 0.361. The number of benzene rings is 2. The van der Waals surface area contributed by atoms with Gasteiger partial charge in [0.1, 0.15) is 0 Å². The number of rotatable bonds is 7. The summed E-state index contributed by atoms with van der Waals surface area (Å²) in [5.41, 5.74) is 2.20. The maximum atomic E-state index is 12.4. The predicted octanol–water partition coefficient (Wildman–Crippen LogP) is 3.00. The van der Waals surface area contributed by atoms with Crippen LogP contribution in [-0.2, 0) is 11.2 Å². The molecule has 142 valence electrons. The molecule has 1 fully saturated rings. The molecule has 1 aliphatic carbocycles. The molecule has 5 heteroatoms. The zero-order valence-electron chi connectivity index (χ0n) is 15.7. The molecule has 1 aliphatic rings. The van der Waals surface area contributed by atoms with Gasteiger partial charge in [-0.3, -0.25) is 9.59 Å². The van der Waals surface area contributed by atoms with Crippen molar-refractivity contribution < 1.29 is 14.7 Å². The average Bonchev–Trinajstić information content (AvgIpc) is 3.40. The van der Waals surface area contributed by atoms with Crippen molar-refractivity contribution in [3.8, 4) is 0 Å². The molecule has 0 spiro atoms. The van der Waals surface area contributed by atoms with E-state index in [1.165, 1.54) is 0 Å². The van der Waals surface area contributed by atoms with Crippen LogP contribution >= 0.6 is 0 Å². The first-order valence-corrected chi connectivity index (χ1v) is 9.38. The van der Waals surface area contributed by atoms with E-state index in [0.717, 1.165) is 12.0 Å². The molecule has 2 aromatic carbocycles. The van der Waals surface area contributed by atoms with E-state index >= 15 is 0 Å². The van der Waals surface area contributed by atoms with Gasteiger partial charge in [0.05, 0.1) is 12.1 Å². The fourth-order valence-electron chi connectivity index (χ4n) is 3.05. The first kappa shape index (κ1) is 19.1. The molecule has 5 nitrogen and oxygen atoms in total. The highest BCUT2D eigenvalue weighted by atomic mass is 16.3. The van der Waals surface area contributed by atoms with E-state index in [1.807, 2.05) is 30.3 Å². The lowest BCUT2D eigenvalue weighted by Crippen LogP contribution is -2.42. The minimum atomic E-state index is -0.671. The van der Waals surface area contributed by atoms with E-state index in [0.29, 0.717) is 23.6 Å². The molecule has 1 saturated carbocycles. The smallest absolute Gasteiger partial charge is 0.251 e. The minimum Gasteiger partial charge on any atom is -0.391 e. The lowest BCUT2D eigenvalue weighted by Gasteiger charge is -2.20. The van der Waals surface area contributed by atoms with Crippen LogP contribution in [0.1, 0.15) is 36.2 Å². The molecule has 0 bridgehead atoms. The van der Waals surface area contributed by atoms with E-state index in [2.05, 4.69) is 17.6 Å². The topological polar surface area (TPSA) is 78.4 Å². The zero-order chi connectivity index (χ0) is 19.4. The van der Waals surface area contributed by atoms with Crippen LogP contribution in [0, 0.1) is 11.8 Å². The van der Waals surface area contributed by atoms with Gasteiger partial charge in [-0.25, -0.2) is 0 Å². The van der Waals surface area contributed by atoms with Gasteiger partial charge >= 0.3 is 0 Å². The van der Waals surface area contributed by atoms with Gasteiger partial charge in [-0.1, -0.05) is 37.3 Å². The number of aliphatic hydroxyl groups excluding tert-OH is 1. The van der Waals surface area contributed by atoms with Crippen LogP contribution in [0.25, 0.3) is 0 Å². The largest absolute Gasteiger partial charge is 0.391 e. The van der Waals surface area contributed by atoms with Crippen LogP contribution in [0.4, 0.5) is 5.69 Å². The quantitative estimate of drug-likeness (QED) is 0.705. The predicted molar refractivity (Wildman–Crippen MR) is 105 cm³/mol. The maximum Gasteiger partial charge on any atom is 0.251 e. The Morgan fingerprint density at radius 1 is 1.11 bits per heavy atom. The maximum absolute atomic E-state index is 12.4. The normalized spacial score (nSPS) is 20.4. The third-order valence-corrected chi connectivity index (χ3v) is 5.08. The number of hydrogen-bond acceptors (Lipinski definition) is 3. The average molecular weight is 366 g/mol. The molecule has 0 unspecified atom stereocenters. The molecule has 2 aromatic rings. The summed E-state index contributed by atoms with van der Waals surface area (Å²) in [7, 11) is 0. The number of carbonyl (C=O) groups is 2. The summed E-state index contributed by atoms with van der Waals surface area (Å²) in [6.07, 6.45) is 0.748. The molecule has 27 heavy (non-hydrogen) atoms. The second-order valence-corrected chi connectivity index (χ2v) is 7.41. The van der Waals surface area contributed by atoms with Crippen molar-refractivity contribution in [2.24, 2.45) is 11.8 Å². The van der Waals surface area contributed by atoms with Crippen LogP contribution in [0.2, 0.25) is 0 Å². The third kappa shape index (κ3) is 5.17. The van der Waals surface area contributed by atoms with E-state index in [4.69, 9.17) is 0 Å². The Hall–Kier alpha value is -2.66. The van der Waals surface area contributed by atoms with Crippen molar-refractivity contribution in [2.75, 3.05) is 5.32 Å². The number of carbonyl (C=O) groups excluding carboxylic acids is 2. The number of amides is 2. The lowest BCUT2D eigenvalue weighted by atomic mass is 10.0. The van der Waals surface area contributed by atoms with Crippen molar-refractivity contribution in [2.45, 2.75) is 38.8 Å². The molecular formula is C22H26N2O3. The first-order chi connectivity index (χ1) is 12.9. The summed E-state index contributed by atoms with van der Waals surface area (Å²) in [5, 5.41) is 16.0. The van der Waals surface area contributed by atoms with Crippen molar-refractivity contribution in [1.82, 2.24) is 5.32 Å². The SMILES string of the molecule is C[C@@H]1C[C@@H]1C(=O)Nc1ccc(C(=O)N[C@H](C)[C@H](O)Cc2ccccc2)cc1. The summed E-state index contributed by atoms with van der Waals surface area (Å²) in [6, 6.07) is 16.1. The number of hydrogen-bond donors (Lipinski definition) is 3. The number of nitrogens with one attached hydrogen (secondary N) is 2. The van der Waals surface area contributed by atoms with Crippen molar-refractivity contribution in [3.05, 3.63) is 65.7 Å². The summed E-state index contributed by atoms with van der Waals surface area (Å²) >= 11 is 0. The highest BCUT2D eigenvalue weighted by molar-refractivity contribution is 5.97. The monoisotopic (exact) mass is 366 g/mol. The number of aliphatic hydroxyl groups is 1. The molecule has 4 atom stereocenters. The molecule has 0 aliphatic heterocycles. The van der Waals surface area contributed by atoms with Crippen molar-refractivity contribution >= 4 is 17.5 Å². The molecule has 3 rings (SSSR count). The zero-order valence-corrected chi connectivity index (χ0v) is 15.7. The van der Waals surface area contributed by atoms with Gasteiger partial charge in [-0.05, 0) is 49.1 Å². The third-order valence-electron chi connectivity index (χ3n) is 5.08. The Balaban J connectivity index is 1.51. The second kappa shape index (κ2) is 8.35. The van der Waals surface area contributed by atoms with Crippen molar-refractivity contribution in [3.63, 3.8) is 0 Å².